The van der Waals surface area contributed by atoms with Gasteiger partial charge >= 0.3 is 0 Å². The quantitative estimate of drug-likeness (QED) is 0.628. The van der Waals surface area contributed by atoms with E-state index in [4.69, 9.17) is 0 Å². The van der Waals surface area contributed by atoms with Crippen molar-refractivity contribution in [2.24, 2.45) is 0 Å². The van der Waals surface area contributed by atoms with E-state index < -0.39 is 0 Å². The maximum absolute atomic E-state index is 10.5. The van der Waals surface area contributed by atoms with Gasteiger partial charge in [0.1, 0.15) is 17.2 Å². The Bertz CT molecular complexity index is 879. The van der Waals surface area contributed by atoms with Gasteiger partial charge in [0.2, 0.25) is 0 Å². The molecule has 0 atom stereocenters. The van der Waals surface area contributed by atoms with Crippen LogP contribution in [0.4, 0.5) is 0 Å². The minimum atomic E-state index is 0.280. The summed E-state index contributed by atoms with van der Waals surface area (Å²) in [5.74, 6) is 0.856. The number of benzene rings is 3. The topological polar surface area (TPSA) is 60.7 Å². The van der Waals surface area contributed by atoms with E-state index in [1.165, 1.54) is 0 Å². The van der Waals surface area contributed by atoms with Crippen molar-refractivity contribution in [2.75, 3.05) is 0 Å². The van der Waals surface area contributed by atoms with Gasteiger partial charge in [0.25, 0.3) is 0 Å². The minimum absolute atomic E-state index is 0.280. The third kappa shape index (κ3) is 3.67. The zero-order chi connectivity index (χ0) is 18.8. The van der Waals surface area contributed by atoms with E-state index in [2.05, 4.69) is 0 Å². The molecule has 0 saturated heterocycles. The lowest BCUT2D eigenvalue weighted by Crippen LogP contribution is -2.01. The number of phenolic OH excluding ortho intramolecular Hbond substituents is 3. The first kappa shape index (κ1) is 17.9. The summed E-state index contributed by atoms with van der Waals surface area (Å²) >= 11 is 0. The first-order chi connectivity index (χ1) is 12.3. The number of rotatable bonds is 4. The van der Waals surface area contributed by atoms with Gasteiger partial charge in [-0.25, -0.2) is 0 Å². The van der Waals surface area contributed by atoms with Crippen molar-refractivity contribution in [3.05, 3.63) is 87.5 Å². The first-order valence-corrected chi connectivity index (χ1v) is 8.72. The lowest BCUT2D eigenvalue weighted by molar-refractivity contribution is 0.467. The molecular formula is C23H24O3. The molecule has 134 valence electrons. The molecule has 0 spiro atoms. The van der Waals surface area contributed by atoms with Gasteiger partial charge in [-0.2, -0.15) is 0 Å². The molecule has 0 radical (unpaired) electrons. The molecular weight excluding hydrogens is 324 g/mol. The van der Waals surface area contributed by atoms with Gasteiger partial charge in [0.15, 0.2) is 0 Å². The molecule has 0 aliphatic rings. The molecule has 26 heavy (non-hydrogen) atoms. The average Bonchev–Trinajstić information content (AvgIpc) is 2.60. The Morgan fingerprint density at radius 1 is 0.538 bits per heavy atom. The van der Waals surface area contributed by atoms with E-state index in [1.807, 2.05) is 51.1 Å². The van der Waals surface area contributed by atoms with Crippen LogP contribution in [0.25, 0.3) is 0 Å². The van der Waals surface area contributed by atoms with Crippen LogP contribution in [0.5, 0.6) is 17.2 Å². The van der Waals surface area contributed by atoms with Crippen LogP contribution in [0.15, 0.2) is 48.5 Å². The van der Waals surface area contributed by atoms with E-state index in [0.29, 0.717) is 18.6 Å². The van der Waals surface area contributed by atoms with Crippen molar-refractivity contribution >= 4 is 0 Å². The number of hydrogen-bond acceptors (Lipinski definition) is 3. The fourth-order valence-corrected chi connectivity index (χ4v) is 3.30. The van der Waals surface area contributed by atoms with Crippen molar-refractivity contribution in [1.82, 2.24) is 0 Å². The monoisotopic (exact) mass is 348 g/mol. The van der Waals surface area contributed by atoms with Crippen LogP contribution in [-0.4, -0.2) is 15.3 Å². The summed E-state index contributed by atoms with van der Waals surface area (Å²) in [6, 6.07) is 14.8. The zero-order valence-corrected chi connectivity index (χ0v) is 15.4. The van der Waals surface area contributed by atoms with Crippen LogP contribution in [0.3, 0.4) is 0 Å². The molecule has 3 N–H and O–H groups in total. The standard InChI is InChI=1S/C23H24O3/c1-14-4-7-23(26)20(13-18-6-9-22(25)16(3)11-18)19(14)12-17-5-8-21(24)15(2)10-17/h4-11,24-26H,12-13H2,1-3H3. The first-order valence-electron chi connectivity index (χ1n) is 8.72. The fourth-order valence-electron chi connectivity index (χ4n) is 3.30. The van der Waals surface area contributed by atoms with Gasteiger partial charge in [-0.3, -0.25) is 0 Å². The van der Waals surface area contributed by atoms with E-state index in [-0.39, 0.29) is 11.5 Å². The van der Waals surface area contributed by atoms with E-state index in [0.717, 1.165) is 38.9 Å². The molecule has 3 aromatic rings. The Kier molecular flexibility index (Phi) is 4.90. The smallest absolute Gasteiger partial charge is 0.119 e. The molecule has 3 aromatic carbocycles. The van der Waals surface area contributed by atoms with Crippen LogP contribution in [0.2, 0.25) is 0 Å². The average molecular weight is 348 g/mol. The summed E-state index contributed by atoms with van der Waals surface area (Å²) in [6.45, 7) is 5.80. The molecule has 0 heterocycles. The molecule has 0 saturated carbocycles. The zero-order valence-electron chi connectivity index (χ0n) is 15.4. The summed E-state index contributed by atoms with van der Waals surface area (Å²) < 4.78 is 0. The lowest BCUT2D eigenvalue weighted by Gasteiger charge is -2.16. The van der Waals surface area contributed by atoms with Crippen LogP contribution >= 0.6 is 0 Å². The summed E-state index contributed by atoms with van der Waals surface area (Å²) in [6.07, 6.45) is 1.29. The second kappa shape index (κ2) is 7.12. The second-order valence-electron chi connectivity index (χ2n) is 6.95. The van der Waals surface area contributed by atoms with Crippen molar-refractivity contribution in [3.63, 3.8) is 0 Å². The van der Waals surface area contributed by atoms with Crippen molar-refractivity contribution in [3.8, 4) is 17.2 Å². The summed E-state index contributed by atoms with van der Waals surface area (Å²) in [5.41, 5.74) is 6.93. The Morgan fingerprint density at radius 3 is 1.50 bits per heavy atom. The molecule has 0 aliphatic heterocycles. The molecule has 3 nitrogen and oxygen atoms in total. The molecule has 0 unspecified atom stereocenters. The normalized spacial score (nSPS) is 10.9. The van der Waals surface area contributed by atoms with Gasteiger partial charge in [0, 0.05) is 12.0 Å². The third-order valence-electron chi connectivity index (χ3n) is 4.92. The maximum atomic E-state index is 10.5. The van der Waals surface area contributed by atoms with Crippen molar-refractivity contribution < 1.29 is 15.3 Å². The van der Waals surface area contributed by atoms with Gasteiger partial charge in [-0.1, -0.05) is 30.3 Å². The van der Waals surface area contributed by atoms with E-state index in [9.17, 15) is 15.3 Å². The Labute approximate surface area is 154 Å². The number of aromatic hydroxyl groups is 3. The van der Waals surface area contributed by atoms with Gasteiger partial charge in [-0.05, 0) is 78.8 Å². The highest BCUT2D eigenvalue weighted by Crippen LogP contribution is 2.31. The number of hydrogen-bond donors (Lipinski definition) is 3. The Morgan fingerprint density at radius 2 is 1.00 bits per heavy atom. The Balaban J connectivity index is 2.00. The summed E-state index contributed by atoms with van der Waals surface area (Å²) in [7, 11) is 0. The van der Waals surface area contributed by atoms with Crippen molar-refractivity contribution in [1.29, 1.82) is 0 Å². The van der Waals surface area contributed by atoms with Gasteiger partial charge in [-0.15, -0.1) is 0 Å². The highest BCUT2D eigenvalue weighted by Gasteiger charge is 2.13. The Hall–Kier alpha value is -2.94. The van der Waals surface area contributed by atoms with Crippen LogP contribution < -0.4 is 0 Å². The molecule has 0 amide bonds. The van der Waals surface area contributed by atoms with E-state index >= 15 is 0 Å². The predicted octanol–water partition coefficient (Wildman–Crippen LogP) is 4.91. The molecule has 0 fully saturated rings. The lowest BCUT2D eigenvalue weighted by atomic mass is 9.90. The highest BCUT2D eigenvalue weighted by molar-refractivity contribution is 5.50. The van der Waals surface area contributed by atoms with Gasteiger partial charge in [0.05, 0.1) is 0 Å². The highest BCUT2D eigenvalue weighted by atomic mass is 16.3. The summed E-state index contributed by atoms with van der Waals surface area (Å²) in [4.78, 5) is 0. The fraction of sp³-hybridized carbons (Fsp3) is 0.217. The second-order valence-corrected chi connectivity index (χ2v) is 6.95. The molecule has 3 rings (SSSR count). The predicted molar refractivity (Wildman–Crippen MR) is 104 cm³/mol. The maximum Gasteiger partial charge on any atom is 0.119 e. The van der Waals surface area contributed by atoms with Gasteiger partial charge < -0.3 is 15.3 Å². The van der Waals surface area contributed by atoms with Crippen LogP contribution in [0, 0.1) is 20.8 Å². The van der Waals surface area contributed by atoms with Crippen LogP contribution in [-0.2, 0) is 12.8 Å². The third-order valence-corrected chi connectivity index (χ3v) is 4.92. The van der Waals surface area contributed by atoms with E-state index in [1.54, 1.807) is 18.2 Å². The molecule has 0 bridgehead atoms. The minimum Gasteiger partial charge on any atom is -0.508 e. The molecule has 0 aromatic heterocycles. The largest absolute Gasteiger partial charge is 0.508 e. The molecule has 3 heteroatoms. The molecule has 0 aliphatic carbocycles. The van der Waals surface area contributed by atoms with Crippen LogP contribution in [0.1, 0.15) is 38.9 Å². The summed E-state index contributed by atoms with van der Waals surface area (Å²) in [5, 5.41) is 30.0. The number of aryl methyl sites for hydroxylation is 3. The SMILES string of the molecule is Cc1cc(Cc2c(C)ccc(O)c2Cc2ccc(O)c(C)c2)ccc1O. The van der Waals surface area contributed by atoms with Crippen molar-refractivity contribution in [2.45, 2.75) is 33.6 Å². The number of phenols is 3.